The third-order valence-corrected chi connectivity index (χ3v) is 3.93. The Morgan fingerprint density at radius 2 is 1.94 bits per heavy atom. The number of nitrogens with zero attached hydrogens (tertiary/aromatic N) is 1. The standard InChI is InChI=1S/C16H18N2/c1-11-9-16(17)18-10-15(11)14-8-3-2-7-13(14)12-5-4-6-12/h2-3,7-10,12H,4-6H2,1H3,(H2,17,18). The van der Waals surface area contributed by atoms with Gasteiger partial charge in [0.15, 0.2) is 0 Å². The zero-order valence-electron chi connectivity index (χ0n) is 10.7. The number of hydrogen-bond donors (Lipinski definition) is 1. The second-order valence-corrected chi connectivity index (χ2v) is 5.14. The quantitative estimate of drug-likeness (QED) is 0.861. The molecular formula is C16H18N2. The maximum Gasteiger partial charge on any atom is 0.123 e. The number of nitrogens with two attached hydrogens (primary N) is 1. The van der Waals surface area contributed by atoms with E-state index in [-0.39, 0.29) is 0 Å². The Bertz CT molecular complexity index is 571. The average molecular weight is 238 g/mol. The van der Waals surface area contributed by atoms with E-state index >= 15 is 0 Å². The first-order chi connectivity index (χ1) is 8.75. The monoisotopic (exact) mass is 238 g/mol. The van der Waals surface area contributed by atoms with E-state index in [1.54, 1.807) is 0 Å². The van der Waals surface area contributed by atoms with Gasteiger partial charge >= 0.3 is 0 Å². The lowest BCUT2D eigenvalue weighted by Gasteiger charge is -2.28. The fourth-order valence-corrected chi connectivity index (χ4v) is 2.68. The van der Waals surface area contributed by atoms with Crippen molar-refractivity contribution in [2.45, 2.75) is 32.1 Å². The van der Waals surface area contributed by atoms with Gasteiger partial charge in [0.25, 0.3) is 0 Å². The molecule has 0 unspecified atom stereocenters. The zero-order valence-corrected chi connectivity index (χ0v) is 10.7. The van der Waals surface area contributed by atoms with Crippen LogP contribution in [0.1, 0.15) is 36.3 Å². The predicted octanol–water partition coefficient (Wildman–Crippen LogP) is 3.91. The number of pyridine rings is 1. The Labute approximate surface area is 108 Å². The van der Waals surface area contributed by atoms with Gasteiger partial charge < -0.3 is 5.73 Å². The molecule has 92 valence electrons. The van der Waals surface area contributed by atoms with Gasteiger partial charge in [0.05, 0.1) is 0 Å². The van der Waals surface area contributed by atoms with E-state index < -0.39 is 0 Å². The minimum Gasteiger partial charge on any atom is -0.384 e. The molecule has 1 heterocycles. The number of aromatic nitrogens is 1. The van der Waals surface area contributed by atoms with Gasteiger partial charge in [-0.05, 0) is 48.4 Å². The lowest BCUT2D eigenvalue weighted by molar-refractivity contribution is 0.420. The summed E-state index contributed by atoms with van der Waals surface area (Å²) in [6, 6.07) is 10.7. The van der Waals surface area contributed by atoms with Crippen molar-refractivity contribution in [1.29, 1.82) is 0 Å². The molecule has 18 heavy (non-hydrogen) atoms. The van der Waals surface area contributed by atoms with Gasteiger partial charge in [-0.2, -0.15) is 0 Å². The summed E-state index contributed by atoms with van der Waals surface area (Å²) >= 11 is 0. The highest BCUT2D eigenvalue weighted by atomic mass is 14.8. The first-order valence-corrected chi connectivity index (χ1v) is 6.57. The summed E-state index contributed by atoms with van der Waals surface area (Å²) in [5.41, 5.74) is 10.9. The van der Waals surface area contributed by atoms with Crippen molar-refractivity contribution in [2.24, 2.45) is 0 Å². The highest BCUT2D eigenvalue weighted by molar-refractivity contribution is 5.71. The number of anilines is 1. The van der Waals surface area contributed by atoms with E-state index in [4.69, 9.17) is 5.73 Å². The molecule has 2 aromatic rings. The van der Waals surface area contributed by atoms with Gasteiger partial charge in [-0.15, -0.1) is 0 Å². The molecule has 0 atom stereocenters. The molecular weight excluding hydrogens is 220 g/mol. The summed E-state index contributed by atoms with van der Waals surface area (Å²) in [4.78, 5) is 4.24. The van der Waals surface area contributed by atoms with Crippen molar-refractivity contribution in [3.8, 4) is 11.1 Å². The molecule has 0 amide bonds. The van der Waals surface area contributed by atoms with Gasteiger partial charge in [0.1, 0.15) is 5.82 Å². The molecule has 1 fully saturated rings. The second kappa shape index (κ2) is 4.45. The molecule has 1 aromatic heterocycles. The van der Waals surface area contributed by atoms with E-state index in [0.717, 1.165) is 5.92 Å². The highest BCUT2D eigenvalue weighted by Crippen LogP contribution is 2.41. The maximum absolute atomic E-state index is 5.73. The van der Waals surface area contributed by atoms with Crippen LogP contribution in [0.2, 0.25) is 0 Å². The van der Waals surface area contributed by atoms with E-state index in [1.807, 2.05) is 12.3 Å². The first kappa shape index (κ1) is 11.3. The van der Waals surface area contributed by atoms with Crippen molar-refractivity contribution in [2.75, 3.05) is 5.73 Å². The molecule has 0 spiro atoms. The molecule has 1 saturated carbocycles. The third kappa shape index (κ3) is 1.88. The van der Waals surface area contributed by atoms with Crippen LogP contribution in [0.4, 0.5) is 5.82 Å². The van der Waals surface area contributed by atoms with Crippen molar-refractivity contribution >= 4 is 5.82 Å². The van der Waals surface area contributed by atoms with Crippen LogP contribution in [0.3, 0.4) is 0 Å². The van der Waals surface area contributed by atoms with Crippen molar-refractivity contribution < 1.29 is 0 Å². The van der Waals surface area contributed by atoms with Crippen molar-refractivity contribution in [3.05, 3.63) is 47.7 Å². The van der Waals surface area contributed by atoms with Crippen LogP contribution < -0.4 is 5.73 Å². The summed E-state index contributed by atoms with van der Waals surface area (Å²) in [6.07, 6.45) is 5.90. The van der Waals surface area contributed by atoms with Crippen LogP contribution in [0.5, 0.6) is 0 Å². The Morgan fingerprint density at radius 3 is 2.61 bits per heavy atom. The summed E-state index contributed by atoms with van der Waals surface area (Å²) < 4.78 is 0. The summed E-state index contributed by atoms with van der Waals surface area (Å²) in [5.74, 6) is 1.33. The maximum atomic E-state index is 5.73. The molecule has 0 radical (unpaired) electrons. The minimum absolute atomic E-state index is 0.595. The lowest BCUT2D eigenvalue weighted by atomic mass is 9.77. The van der Waals surface area contributed by atoms with Crippen LogP contribution in [0.15, 0.2) is 36.5 Å². The Hall–Kier alpha value is -1.83. The van der Waals surface area contributed by atoms with Crippen molar-refractivity contribution in [1.82, 2.24) is 4.98 Å². The molecule has 1 aliphatic carbocycles. The van der Waals surface area contributed by atoms with Gasteiger partial charge in [-0.3, -0.25) is 0 Å². The predicted molar refractivity (Wildman–Crippen MR) is 75.4 cm³/mol. The Balaban J connectivity index is 2.10. The largest absolute Gasteiger partial charge is 0.384 e. The van der Waals surface area contributed by atoms with E-state index in [2.05, 4.69) is 36.2 Å². The summed E-state index contributed by atoms with van der Waals surface area (Å²) in [6.45, 7) is 2.10. The lowest BCUT2D eigenvalue weighted by Crippen LogP contribution is -2.10. The van der Waals surface area contributed by atoms with E-state index in [0.29, 0.717) is 5.82 Å². The molecule has 1 aromatic carbocycles. The number of benzene rings is 1. The molecule has 3 rings (SSSR count). The second-order valence-electron chi connectivity index (χ2n) is 5.14. The minimum atomic E-state index is 0.595. The van der Waals surface area contributed by atoms with E-state index in [9.17, 15) is 0 Å². The van der Waals surface area contributed by atoms with Gasteiger partial charge in [0.2, 0.25) is 0 Å². The highest BCUT2D eigenvalue weighted by Gasteiger charge is 2.22. The average Bonchev–Trinajstić information content (AvgIpc) is 2.28. The van der Waals surface area contributed by atoms with Crippen LogP contribution in [-0.4, -0.2) is 4.98 Å². The molecule has 0 saturated heterocycles. The van der Waals surface area contributed by atoms with Gasteiger partial charge in [-0.25, -0.2) is 4.98 Å². The fraction of sp³-hybridized carbons (Fsp3) is 0.312. The van der Waals surface area contributed by atoms with E-state index in [1.165, 1.54) is 41.5 Å². The molecule has 2 nitrogen and oxygen atoms in total. The van der Waals surface area contributed by atoms with Crippen LogP contribution in [0.25, 0.3) is 11.1 Å². The van der Waals surface area contributed by atoms with Crippen molar-refractivity contribution in [3.63, 3.8) is 0 Å². The third-order valence-electron chi connectivity index (χ3n) is 3.93. The Kier molecular flexibility index (Phi) is 2.78. The Morgan fingerprint density at radius 1 is 1.17 bits per heavy atom. The molecule has 0 aliphatic heterocycles. The van der Waals surface area contributed by atoms with Crippen LogP contribution in [-0.2, 0) is 0 Å². The normalized spacial score (nSPS) is 15.4. The molecule has 2 heteroatoms. The number of rotatable bonds is 2. The smallest absolute Gasteiger partial charge is 0.123 e. The molecule has 1 aliphatic rings. The topological polar surface area (TPSA) is 38.9 Å². The van der Waals surface area contributed by atoms with Gasteiger partial charge in [-0.1, -0.05) is 30.7 Å². The number of aryl methyl sites for hydroxylation is 1. The SMILES string of the molecule is Cc1cc(N)ncc1-c1ccccc1C1CCC1. The summed E-state index contributed by atoms with van der Waals surface area (Å²) in [7, 11) is 0. The zero-order chi connectivity index (χ0) is 12.5. The van der Waals surface area contributed by atoms with Gasteiger partial charge in [0, 0.05) is 11.8 Å². The summed E-state index contributed by atoms with van der Waals surface area (Å²) in [5, 5.41) is 0. The molecule has 2 N–H and O–H groups in total. The fourth-order valence-electron chi connectivity index (χ4n) is 2.68. The van der Waals surface area contributed by atoms with Crippen LogP contribution >= 0.6 is 0 Å². The number of nitrogen functional groups attached to an aromatic ring is 1. The first-order valence-electron chi connectivity index (χ1n) is 6.57. The molecule has 0 bridgehead atoms. The number of hydrogen-bond acceptors (Lipinski definition) is 2. The van der Waals surface area contributed by atoms with Crippen LogP contribution in [0, 0.1) is 6.92 Å².